The fraction of sp³-hybridized carbons (Fsp3) is 0.688. The van der Waals surface area contributed by atoms with E-state index in [4.69, 9.17) is 4.74 Å². The number of nitrogens with one attached hydrogen (secondary N) is 1. The monoisotopic (exact) mass is 437 g/mol. The van der Waals surface area contributed by atoms with Gasteiger partial charge in [0, 0.05) is 39.2 Å². The van der Waals surface area contributed by atoms with Gasteiger partial charge >= 0.3 is 0 Å². The van der Waals surface area contributed by atoms with Gasteiger partial charge in [0.1, 0.15) is 0 Å². The third-order valence-electron chi connectivity index (χ3n) is 4.03. The van der Waals surface area contributed by atoms with E-state index in [1.807, 2.05) is 7.05 Å². The Morgan fingerprint density at radius 1 is 1.59 bits per heavy atom. The Morgan fingerprint density at radius 2 is 2.41 bits per heavy atom. The lowest BCUT2D eigenvalue weighted by molar-refractivity contribution is 0.114. The number of thiophene rings is 1. The number of hydrogen-bond acceptors (Lipinski definition) is 3. The van der Waals surface area contributed by atoms with Crippen molar-refractivity contribution in [1.82, 2.24) is 10.2 Å². The molecule has 1 fully saturated rings. The Balaban J connectivity index is 0.00000242. The largest absolute Gasteiger partial charge is 0.381 e. The molecule has 0 spiro atoms. The smallest absolute Gasteiger partial charge is 0.193 e. The second-order valence-corrected chi connectivity index (χ2v) is 6.43. The summed E-state index contributed by atoms with van der Waals surface area (Å²) in [7, 11) is 1.87. The molecule has 4 nitrogen and oxygen atoms in total. The molecule has 2 atom stereocenters. The van der Waals surface area contributed by atoms with E-state index >= 15 is 0 Å². The Bertz CT molecular complexity index is 439. The second-order valence-electron chi connectivity index (χ2n) is 5.65. The maximum atomic E-state index is 5.54. The zero-order valence-corrected chi connectivity index (χ0v) is 16.9. The molecule has 0 aliphatic carbocycles. The van der Waals surface area contributed by atoms with Crippen molar-refractivity contribution in [3.63, 3.8) is 0 Å². The zero-order chi connectivity index (χ0) is 15.1. The van der Waals surface area contributed by atoms with E-state index < -0.39 is 0 Å². The molecule has 2 rings (SSSR count). The van der Waals surface area contributed by atoms with Gasteiger partial charge in [-0.1, -0.05) is 6.92 Å². The molecule has 0 bridgehead atoms. The minimum atomic E-state index is 0. The first-order valence-electron chi connectivity index (χ1n) is 7.80. The van der Waals surface area contributed by atoms with E-state index in [2.05, 4.69) is 45.9 Å². The Hall–Kier alpha value is -0.340. The topological polar surface area (TPSA) is 36.9 Å². The molecule has 2 heterocycles. The van der Waals surface area contributed by atoms with Crippen molar-refractivity contribution in [2.45, 2.75) is 26.2 Å². The van der Waals surface area contributed by atoms with Crippen molar-refractivity contribution in [3.8, 4) is 0 Å². The average molecular weight is 437 g/mol. The molecule has 0 amide bonds. The molecule has 0 aromatic carbocycles. The van der Waals surface area contributed by atoms with Crippen LogP contribution >= 0.6 is 35.3 Å². The molecular weight excluding hydrogens is 409 g/mol. The van der Waals surface area contributed by atoms with E-state index in [-0.39, 0.29) is 24.0 Å². The van der Waals surface area contributed by atoms with Crippen molar-refractivity contribution < 1.29 is 4.74 Å². The Morgan fingerprint density at radius 3 is 3.05 bits per heavy atom. The van der Waals surface area contributed by atoms with E-state index in [1.165, 1.54) is 12.0 Å². The van der Waals surface area contributed by atoms with Crippen LogP contribution in [0.15, 0.2) is 21.8 Å². The number of likely N-dealkylation sites (tertiary alicyclic amines) is 1. The highest BCUT2D eigenvalue weighted by Crippen LogP contribution is 2.19. The second kappa shape index (κ2) is 10.4. The van der Waals surface area contributed by atoms with Crippen molar-refractivity contribution in [1.29, 1.82) is 0 Å². The van der Waals surface area contributed by atoms with Gasteiger partial charge in [-0.15, -0.1) is 24.0 Å². The van der Waals surface area contributed by atoms with Crippen LogP contribution in [0, 0.1) is 5.92 Å². The minimum absolute atomic E-state index is 0. The lowest BCUT2D eigenvalue weighted by atomic mass is 10.1. The van der Waals surface area contributed by atoms with E-state index in [1.54, 1.807) is 11.3 Å². The van der Waals surface area contributed by atoms with Crippen molar-refractivity contribution in [2.75, 3.05) is 39.9 Å². The summed E-state index contributed by atoms with van der Waals surface area (Å²) < 4.78 is 5.54. The highest BCUT2D eigenvalue weighted by molar-refractivity contribution is 14.0. The summed E-state index contributed by atoms with van der Waals surface area (Å²) in [4.78, 5) is 6.78. The number of guanidine groups is 1. The van der Waals surface area contributed by atoms with Gasteiger partial charge in [-0.3, -0.25) is 4.99 Å². The predicted molar refractivity (Wildman–Crippen MR) is 106 cm³/mol. The molecule has 126 valence electrons. The van der Waals surface area contributed by atoms with Crippen LogP contribution in [0.1, 0.15) is 31.7 Å². The molecular formula is C16H28IN3OS. The maximum absolute atomic E-state index is 5.54. The van der Waals surface area contributed by atoms with Crippen LogP contribution in [-0.4, -0.2) is 50.8 Å². The normalized spacial score (nSPS) is 19.9. The fourth-order valence-corrected chi connectivity index (χ4v) is 3.48. The van der Waals surface area contributed by atoms with E-state index in [0.29, 0.717) is 11.8 Å². The van der Waals surface area contributed by atoms with Crippen LogP contribution in [0.2, 0.25) is 0 Å². The van der Waals surface area contributed by atoms with Gasteiger partial charge in [0.25, 0.3) is 0 Å². The molecule has 0 radical (unpaired) electrons. The molecule has 1 saturated heterocycles. The molecule has 0 saturated carbocycles. The van der Waals surface area contributed by atoms with Crippen molar-refractivity contribution >= 4 is 41.3 Å². The SMILES string of the molecule is CCOCC1CCN(C(=NC)NCC(C)c2ccsc2)C1.I. The lowest BCUT2D eigenvalue weighted by Crippen LogP contribution is -2.41. The van der Waals surface area contributed by atoms with Crippen LogP contribution in [0.5, 0.6) is 0 Å². The summed E-state index contributed by atoms with van der Waals surface area (Å²) in [5.41, 5.74) is 1.40. The summed E-state index contributed by atoms with van der Waals surface area (Å²) >= 11 is 1.76. The first-order chi connectivity index (χ1) is 10.2. The number of rotatable bonds is 6. The van der Waals surface area contributed by atoms with Gasteiger partial charge in [-0.05, 0) is 41.7 Å². The van der Waals surface area contributed by atoms with E-state index in [0.717, 1.165) is 38.8 Å². The quantitative estimate of drug-likeness (QED) is 0.421. The Kier molecular flexibility index (Phi) is 9.35. The standard InChI is InChI=1S/C16H27N3OS.HI/c1-4-20-11-14-5-7-19(10-14)16(17-3)18-9-13(2)15-6-8-21-12-15;/h6,8,12-14H,4-5,7,9-11H2,1-3H3,(H,17,18);1H. The first-order valence-corrected chi connectivity index (χ1v) is 8.74. The van der Waals surface area contributed by atoms with Crippen LogP contribution in [0.3, 0.4) is 0 Å². The van der Waals surface area contributed by atoms with Crippen LogP contribution in [-0.2, 0) is 4.74 Å². The number of hydrogen-bond donors (Lipinski definition) is 1. The highest BCUT2D eigenvalue weighted by atomic mass is 127. The summed E-state index contributed by atoms with van der Waals surface area (Å²) in [5, 5.41) is 7.88. The zero-order valence-electron chi connectivity index (χ0n) is 13.7. The molecule has 2 unspecified atom stereocenters. The molecule has 1 aliphatic heterocycles. The van der Waals surface area contributed by atoms with Gasteiger partial charge in [0.15, 0.2) is 5.96 Å². The number of halogens is 1. The maximum Gasteiger partial charge on any atom is 0.193 e. The minimum Gasteiger partial charge on any atom is -0.381 e. The molecule has 1 aromatic rings. The van der Waals surface area contributed by atoms with Crippen LogP contribution in [0.25, 0.3) is 0 Å². The van der Waals surface area contributed by atoms with Crippen LogP contribution < -0.4 is 5.32 Å². The summed E-state index contributed by atoms with van der Waals surface area (Å²) in [6.45, 7) is 9.03. The van der Waals surface area contributed by atoms with Crippen LogP contribution in [0.4, 0.5) is 0 Å². The third kappa shape index (κ3) is 5.70. The molecule has 6 heteroatoms. The summed E-state index contributed by atoms with van der Waals surface area (Å²) in [6.07, 6.45) is 1.20. The van der Waals surface area contributed by atoms with Gasteiger partial charge in [0.05, 0.1) is 6.61 Å². The number of aliphatic imine (C=N–C) groups is 1. The van der Waals surface area contributed by atoms with Gasteiger partial charge in [0.2, 0.25) is 0 Å². The Labute approximate surface area is 155 Å². The van der Waals surface area contributed by atoms with Crippen molar-refractivity contribution in [3.05, 3.63) is 22.4 Å². The number of ether oxygens (including phenoxy) is 1. The first kappa shape index (κ1) is 19.7. The average Bonchev–Trinajstić information content (AvgIpc) is 3.17. The highest BCUT2D eigenvalue weighted by Gasteiger charge is 2.25. The summed E-state index contributed by atoms with van der Waals surface area (Å²) in [6, 6.07) is 2.20. The molecule has 1 aromatic heterocycles. The van der Waals surface area contributed by atoms with Crippen molar-refractivity contribution in [2.24, 2.45) is 10.9 Å². The molecule has 1 N–H and O–H groups in total. The van der Waals surface area contributed by atoms with Gasteiger partial charge in [-0.2, -0.15) is 11.3 Å². The summed E-state index contributed by atoms with van der Waals surface area (Å²) in [5.74, 6) is 2.17. The fourth-order valence-electron chi connectivity index (χ4n) is 2.70. The van der Waals surface area contributed by atoms with Gasteiger partial charge < -0.3 is 15.0 Å². The predicted octanol–water partition coefficient (Wildman–Crippen LogP) is 3.40. The lowest BCUT2D eigenvalue weighted by Gasteiger charge is -2.23. The van der Waals surface area contributed by atoms with E-state index in [9.17, 15) is 0 Å². The van der Waals surface area contributed by atoms with Gasteiger partial charge in [-0.25, -0.2) is 0 Å². The number of nitrogens with zero attached hydrogens (tertiary/aromatic N) is 2. The molecule has 1 aliphatic rings. The molecule has 22 heavy (non-hydrogen) atoms. The third-order valence-corrected chi connectivity index (χ3v) is 4.73.